The molecule has 0 spiro atoms. The van der Waals surface area contributed by atoms with E-state index in [4.69, 9.17) is 16.6 Å². The van der Waals surface area contributed by atoms with Gasteiger partial charge in [-0.2, -0.15) is 0 Å². The molecular formula is C14H13NO3S. The van der Waals surface area contributed by atoms with Crippen LogP contribution in [0.5, 0.6) is 5.75 Å². The van der Waals surface area contributed by atoms with Crippen molar-refractivity contribution >= 4 is 18.1 Å². The largest absolute Gasteiger partial charge is 0.503 e. The number of benzene rings is 1. The van der Waals surface area contributed by atoms with Crippen molar-refractivity contribution in [2.24, 2.45) is 0 Å². The zero-order valence-electron chi connectivity index (χ0n) is 10.3. The van der Waals surface area contributed by atoms with E-state index in [2.05, 4.69) is 5.32 Å². The summed E-state index contributed by atoms with van der Waals surface area (Å²) in [7, 11) is 0. The zero-order chi connectivity index (χ0) is 13.8. The number of aromatic hydroxyl groups is 1. The number of rotatable bonds is 3. The third-order valence-corrected chi connectivity index (χ3v) is 2.86. The van der Waals surface area contributed by atoms with Crippen LogP contribution in [0.4, 0.5) is 0 Å². The maximum Gasteiger partial charge on any atom is 0.291 e. The normalized spacial score (nSPS) is 10.2. The molecule has 0 unspecified atom stereocenters. The van der Waals surface area contributed by atoms with Gasteiger partial charge in [0.05, 0.1) is 4.51 Å². The van der Waals surface area contributed by atoms with Gasteiger partial charge in [0.25, 0.3) is 5.91 Å². The molecule has 1 aromatic carbocycles. The van der Waals surface area contributed by atoms with Crippen LogP contribution in [0.15, 0.2) is 40.8 Å². The molecule has 0 aliphatic carbocycles. The highest BCUT2D eigenvalue weighted by atomic mass is 32.1. The monoisotopic (exact) mass is 275 g/mol. The Balaban J connectivity index is 2.15. The van der Waals surface area contributed by atoms with Gasteiger partial charge in [0.1, 0.15) is 5.76 Å². The van der Waals surface area contributed by atoms with E-state index >= 15 is 0 Å². The molecule has 2 rings (SSSR count). The minimum atomic E-state index is -0.490. The van der Waals surface area contributed by atoms with Gasteiger partial charge in [-0.05, 0) is 18.6 Å². The van der Waals surface area contributed by atoms with Crippen LogP contribution in [-0.2, 0) is 6.54 Å². The predicted molar refractivity (Wildman–Crippen MR) is 73.6 cm³/mol. The molecule has 4 nitrogen and oxygen atoms in total. The molecule has 0 aliphatic heterocycles. The first-order chi connectivity index (χ1) is 9.08. The first-order valence-corrected chi connectivity index (χ1v) is 6.14. The molecule has 1 amide bonds. The molecule has 2 aromatic rings. The maximum absolute atomic E-state index is 11.9. The van der Waals surface area contributed by atoms with Crippen LogP contribution in [0.2, 0.25) is 0 Å². The maximum atomic E-state index is 11.9. The molecule has 0 aliphatic rings. The third-order valence-electron chi connectivity index (χ3n) is 2.55. The van der Waals surface area contributed by atoms with Crippen LogP contribution in [0, 0.1) is 11.4 Å². The standard InChI is InChI=1S/C14H13NO3S/c1-9-7-11(19)12(16)13(18-9)14(17)15-8-10-5-3-2-4-6-10/h2-7,16H,8H2,1H3,(H,15,17). The van der Waals surface area contributed by atoms with Gasteiger partial charge < -0.3 is 14.8 Å². The summed E-state index contributed by atoms with van der Waals surface area (Å²) < 4.78 is 5.41. The van der Waals surface area contributed by atoms with Gasteiger partial charge in [0.15, 0.2) is 5.75 Å². The Labute approximate surface area is 115 Å². The number of aryl methyl sites for hydroxylation is 1. The summed E-state index contributed by atoms with van der Waals surface area (Å²) in [4.78, 5) is 11.9. The lowest BCUT2D eigenvalue weighted by atomic mass is 10.2. The fourth-order valence-electron chi connectivity index (χ4n) is 1.62. The van der Waals surface area contributed by atoms with Crippen LogP contribution >= 0.6 is 12.2 Å². The second kappa shape index (κ2) is 5.67. The molecule has 0 fully saturated rings. The number of hydrogen-bond donors (Lipinski definition) is 2. The minimum Gasteiger partial charge on any atom is -0.503 e. The Morgan fingerprint density at radius 3 is 2.74 bits per heavy atom. The van der Waals surface area contributed by atoms with Gasteiger partial charge in [-0.25, -0.2) is 0 Å². The Kier molecular flexibility index (Phi) is 3.97. The van der Waals surface area contributed by atoms with Crippen molar-refractivity contribution in [1.82, 2.24) is 5.32 Å². The van der Waals surface area contributed by atoms with Gasteiger partial charge in [-0.1, -0.05) is 42.5 Å². The molecule has 0 atom stereocenters. The van der Waals surface area contributed by atoms with E-state index < -0.39 is 5.91 Å². The molecule has 0 radical (unpaired) electrons. The zero-order valence-corrected chi connectivity index (χ0v) is 11.2. The summed E-state index contributed by atoms with van der Waals surface area (Å²) in [5.41, 5.74) is 0.960. The second-order valence-electron chi connectivity index (χ2n) is 4.07. The number of carbonyl (C=O) groups excluding carboxylic acids is 1. The van der Waals surface area contributed by atoms with Crippen molar-refractivity contribution in [2.45, 2.75) is 13.5 Å². The van der Waals surface area contributed by atoms with Crippen molar-refractivity contribution in [3.05, 3.63) is 58.0 Å². The van der Waals surface area contributed by atoms with Crippen molar-refractivity contribution in [2.75, 3.05) is 0 Å². The van der Waals surface area contributed by atoms with Gasteiger partial charge >= 0.3 is 0 Å². The Hall–Kier alpha value is -2.14. The van der Waals surface area contributed by atoms with Crippen molar-refractivity contribution in [3.8, 4) is 5.75 Å². The SMILES string of the molecule is Cc1cc(=S)c(O)c(C(=O)NCc2ccccc2)o1. The summed E-state index contributed by atoms with van der Waals surface area (Å²) in [5.74, 6) is -0.462. The number of hydrogen-bond acceptors (Lipinski definition) is 4. The molecule has 5 heteroatoms. The Bertz CT molecular complexity index is 649. The summed E-state index contributed by atoms with van der Waals surface area (Å²) in [5, 5.41) is 12.4. The molecule has 1 heterocycles. The number of carbonyl (C=O) groups is 1. The molecule has 2 N–H and O–H groups in total. The highest BCUT2D eigenvalue weighted by molar-refractivity contribution is 7.71. The summed E-state index contributed by atoms with van der Waals surface area (Å²) in [6.07, 6.45) is 0. The van der Waals surface area contributed by atoms with Crippen molar-refractivity contribution < 1.29 is 14.3 Å². The lowest BCUT2D eigenvalue weighted by molar-refractivity contribution is 0.0914. The van der Waals surface area contributed by atoms with Crippen LogP contribution < -0.4 is 5.32 Å². The van der Waals surface area contributed by atoms with Gasteiger partial charge in [-0.15, -0.1) is 0 Å². The molecule has 0 saturated heterocycles. The van der Waals surface area contributed by atoms with E-state index in [9.17, 15) is 9.90 Å². The predicted octanol–water partition coefficient (Wildman–Crippen LogP) is 2.95. The average Bonchev–Trinajstić information content (AvgIpc) is 2.41. The molecule has 19 heavy (non-hydrogen) atoms. The van der Waals surface area contributed by atoms with Crippen molar-refractivity contribution in [3.63, 3.8) is 0 Å². The fraction of sp³-hybridized carbons (Fsp3) is 0.143. The second-order valence-corrected chi connectivity index (χ2v) is 4.51. The lowest BCUT2D eigenvalue weighted by Crippen LogP contribution is -2.23. The molecule has 0 saturated carbocycles. The lowest BCUT2D eigenvalue weighted by Gasteiger charge is -2.07. The van der Waals surface area contributed by atoms with E-state index in [0.29, 0.717) is 12.3 Å². The molecule has 1 aromatic heterocycles. The van der Waals surface area contributed by atoms with E-state index in [1.165, 1.54) is 6.07 Å². The first kappa shape index (κ1) is 13.3. The number of amides is 1. The van der Waals surface area contributed by atoms with Crippen LogP contribution in [0.25, 0.3) is 0 Å². The summed E-state index contributed by atoms with van der Waals surface area (Å²) >= 11 is 4.94. The van der Waals surface area contributed by atoms with Crippen LogP contribution in [0.1, 0.15) is 21.9 Å². The van der Waals surface area contributed by atoms with Gasteiger partial charge in [0.2, 0.25) is 5.76 Å². The molecule has 0 bridgehead atoms. The highest BCUT2D eigenvalue weighted by Crippen LogP contribution is 2.20. The van der Waals surface area contributed by atoms with E-state index in [1.54, 1.807) is 6.92 Å². The highest BCUT2D eigenvalue weighted by Gasteiger charge is 2.15. The number of nitrogens with one attached hydrogen (secondary N) is 1. The molecular weight excluding hydrogens is 262 g/mol. The quantitative estimate of drug-likeness (QED) is 0.845. The summed E-state index contributed by atoms with van der Waals surface area (Å²) in [6, 6.07) is 11.0. The van der Waals surface area contributed by atoms with E-state index in [1.807, 2.05) is 30.3 Å². The van der Waals surface area contributed by atoms with E-state index in [0.717, 1.165) is 5.56 Å². The minimum absolute atomic E-state index is 0.152. The fourth-order valence-corrected chi connectivity index (χ4v) is 1.87. The summed E-state index contributed by atoms with van der Waals surface area (Å²) in [6.45, 7) is 2.03. The van der Waals surface area contributed by atoms with Crippen LogP contribution in [-0.4, -0.2) is 11.0 Å². The van der Waals surface area contributed by atoms with Gasteiger partial charge in [-0.3, -0.25) is 4.79 Å². The molecule has 98 valence electrons. The van der Waals surface area contributed by atoms with Gasteiger partial charge in [0, 0.05) is 6.54 Å². The smallest absolute Gasteiger partial charge is 0.291 e. The van der Waals surface area contributed by atoms with Crippen LogP contribution in [0.3, 0.4) is 0 Å². The Morgan fingerprint density at radius 1 is 1.37 bits per heavy atom. The Morgan fingerprint density at radius 2 is 2.05 bits per heavy atom. The average molecular weight is 275 g/mol. The van der Waals surface area contributed by atoms with Crippen molar-refractivity contribution in [1.29, 1.82) is 0 Å². The topological polar surface area (TPSA) is 62.5 Å². The first-order valence-electron chi connectivity index (χ1n) is 5.74. The third kappa shape index (κ3) is 3.20. The van der Waals surface area contributed by atoms with E-state index in [-0.39, 0.29) is 16.0 Å².